The van der Waals surface area contributed by atoms with Gasteiger partial charge in [0.15, 0.2) is 0 Å². The Balaban J connectivity index is 1.78. The van der Waals surface area contributed by atoms with Crippen LogP contribution in [0.2, 0.25) is 0 Å². The van der Waals surface area contributed by atoms with Crippen LogP contribution >= 0.6 is 11.3 Å². The van der Waals surface area contributed by atoms with E-state index in [4.69, 9.17) is 0 Å². The number of benzene rings is 1. The molecule has 0 aliphatic rings. The summed E-state index contributed by atoms with van der Waals surface area (Å²) in [4.78, 5) is 16.4. The average Bonchev–Trinajstić information content (AvgIpc) is 3.07. The zero-order valence-electron chi connectivity index (χ0n) is 11.6. The summed E-state index contributed by atoms with van der Waals surface area (Å²) in [6.45, 7) is 0.298. The molecule has 1 aromatic carbocycles. The second-order valence-corrected chi connectivity index (χ2v) is 5.47. The summed E-state index contributed by atoms with van der Waals surface area (Å²) in [5, 5.41) is 6.73. The Morgan fingerprint density at radius 1 is 1.18 bits per heavy atom. The van der Waals surface area contributed by atoms with Crippen molar-refractivity contribution in [1.82, 2.24) is 10.3 Å². The van der Waals surface area contributed by atoms with E-state index in [1.165, 1.54) is 12.1 Å². The van der Waals surface area contributed by atoms with E-state index in [-0.39, 0.29) is 5.56 Å². The smallest absolute Gasteiger partial charge is 0.254 e. The van der Waals surface area contributed by atoms with Gasteiger partial charge in [-0.1, -0.05) is 18.2 Å². The topological polar surface area (TPSA) is 42.0 Å². The van der Waals surface area contributed by atoms with Gasteiger partial charge in [0.2, 0.25) is 0 Å². The van der Waals surface area contributed by atoms with Crippen molar-refractivity contribution in [3.63, 3.8) is 0 Å². The number of pyridine rings is 1. The molecule has 0 radical (unpaired) electrons. The molecule has 0 unspecified atom stereocenters. The standard InChI is InChI=1S/C17H13FN2OS/c18-15-6-2-1-5-14(15)17(21)20-10-12-4-3-8-19-16(12)13-7-9-22-11-13/h1-9,11H,10H2,(H,20,21). The summed E-state index contributed by atoms with van der Waals surface area (Å²) in [6.07, 6.45) is 1.72. The molecule has 3 nitrogen and oxygen atoms in total. The normalized spacial score (nSPS) is 10.4. The van der Waals surface area contributed by atoms with Gasteiger partial charge in [-0.3, -0.25) is 9.78 Å². The minimum absolute atomic E-state index is 0.0449. The molecular formula is C17H13FN2OS. The van der Waals surface area contributed by atoms with Gasteiger partial charge in [0.05, 0.1) is 11.3 Å². The number of rotatable bonds is 4. The second kappa shape index (κ2) is 6.49. The molecule has 2 aromatic heterocycles. The zero-order chi connectivity index (χ0) is 15.4. The molecule has 0 spiro atoms. The Morgan fingerprint density at radius 3 is 2.82 bits per heavy atom. The van der Waals surface area contributed by atoms with Gasteiger partial charge in [0, 0.05) is 23.7 Å². The fourth-order valence-electron chi connectivity index (χ4n) is 2.16. The van der Waals surface area contributed by atoms with Crippen molar-refractivity contribution in [3.05, 3.63) is 76.4 Å². The van der Waals surface area contributed by atoms with E-state index in [1.54, 1.807) is 29.7 Å². The van der Waals surface area contributed by atoms with Crippen molar-refractivity contribution in [3.8, 4) is 11.3 Å². The third kappa shape index (κ3) is 3.04. The Kier molecular flexibility index (Phi) is 4.25. The van der Waals surface area contributed by atoms with Gasteiger partial charge >= 0.3 is 0 Å². The van der Waals surface area contributed by atoms with Gasteiger partial charge in [0.25, 0.3) is 5.91 Å². The minimum atomic E-state index is -0.524. The summed E-state index contributed by atoms with van der Waals surface area (Å²) in [5.74, 6) is -0.956. The number of carbonyl (C=O) groups excluding carboxylic acids is 1. The zero-order valence-corrected chi connectivity index (χ0v) is 12.4. The van der Waals surface area contributed by atoms with Crippen molar-refractivity contribution in [2.24, 2.45) is 0 Å². The summed E-state index contributed by atoms with van der Waals surface area (Å²) < 4.78 is 13.6. The number of carbonyl (C=O) groups is 1. The lowest BCUT2D eigenvalue weighted by molar-refractivity contribution is 0.0947. The molecule has 22 heavy (non-hydrogen) atoms. The van der Waals surface area contributed by atoms with Crippen molar-refractivity contribution in [1.29, 1.82) is 0 Å². The van der Waals surface area contributed by atoms with Gasteiger partial charge in [-0.25, -0.2) is 4.39 Å². The van der Waals surface area contributed by atoms with E-state index >= 15 is 0 Å². The quantitative estimate of drug-likeness (QED) is 0.794. The first kappa shape index (κ1) is 14.4. The number of hydrogen-bond donors (Lipinski definition) is 1. The Hall–Kier alpha value is -2.53. The molecule has 0 fully saturated rings. The Bertz CT molecular complexity index is 787. The number of aromatic nitrogens is 1. The van der Waals surface area contributed by atoms with Crippen LogP contribution in [0.5, 0.6) is 0 Å². The molecule has 1 N–H and O–H groups in total. The lowest BCUT2D eigenvalue weighted by Gasteiger charge is -2.09. The summed E-state index contributed by atoms with van der Waals surface area (Å²) in [5.41, 5.74) is 2.78. The van der Waals surface area contributed by atoms with Crippen LogP contribution in [0.3, 0.4) is 0 Å². The van der Waals surface area contributed by atoms with Gasteiger partial charge < -0.3 is 5.32 Å². The van der Waals surface area contributed by atoms with Crippen LogP contribution < -0.4 is 5.32 Å². The SMILES string of the molecule is O=C(NCc1cccnc1-c1ccsc1)c1ccccc1F. The van der Waals surface area contributed by atoms with Crippen molar-refractivity contribution < 1.29 is 9.18 Å². The average molecular weight is 312 g/mol. The van der Waals surface area contributed by atoms with Crippen LogP contribution in [0.4, 0.5) is 4.39 Å². The molecule has 3 aromatic rings. The van der Waals surface area contributed by atoms with Crippen LogP contribution in [0.25, 0.3) is 11.3 Å². The maximum Gasteiger partial charge on any atom is 0.254 e. The van der Waals surface area contributed by atoms with Crippen molar-refractivity contribution >= 4 is 17.2 Å². The van der Waals surface area contributed by atoms with Crippen LogP contribution in [-0.4, -0.2) is 10.9 Å². The highest BCUT2D eigenvalue weighted by Crippen LogP contribution is 2.23. The van der Waals surface area contributed by atoms with Crippen molar-refractivity contribution in [2.75, 3.05) is 0 Å². The van der Waals surface area contributed by atoms with E-state index in [0.717, 1.165) is 16.8 Å². The molecule has 0 saturated heterocycles. The number of thiophene rings is 1. The molecule has 5 heteroatoms. The van der Waals surface area contributed by atoms with Gasteiger partial charge in [-0.15, -0.1) is 0 Å². The highest BCUT2D eigenvalue weighted by atomic mass is 32.1. The highest BCUT2D eigenvalue weighted by molar-refractivity contribution is 7.08. The maximum absolute atomic E-state index is 13.6. The summed E-state index contributed by atoms with van der Waals surface area (Å²) in [6, 6.07) is 11.6. The molecule has 0 bridgehead atoms. The van der Waals surface area contributed by atoms with Crippen LogP contribution in [0.1, 0.15) is 15.9 Å². The highest BCUT2D eigenvalue weighted by Gasteiger charge is 2.12. The first-order valence-corrected chi connectivity index (χ1v) is 7.69. The first-order valence-electron chi connectivity index (χ1n) is 6.75. The lowest BCUT2D eigenvalue weighted by atomic mass is 10.1. The Labute approximate surface area is 131 Å². The Morgan fingerprint density at radius 2 is 2.05 bits per heavy atom. The number of nitrogens with one attached hydrogen (secondary N) is 1. The maximum atomic E-state index is 13.6. The molecule has 110 valence electrons. The lowest BCUT2D eigenvalue weighted by Crippen LogP contribution is -2.24. The largest absolute Gasteiger partial charge is 0.348 e. The molecular weight excluding hydrogens is 299 g/mol. The molecule has 0 atom stereocenters. The van der Waals surface area contributed by atoms with E-state index in [2.05, 4.69) is 10.3 Å². The second-order valence-electron chi connectivity index (χ2n) is 4.69. The molecule has 0 aliphatic heterocycles. The predicted molar refractivity (Wildman–Crippen MR) is 85.1 cm³/mol. The van der Waals surface area contributed by atoms with Crippen molar-refractivity contribution in [2.45, 2.75) is 6.54 Å². The van der Waals surface area contributed by atoms with Gasteiger partial charge in [-0.05, 0) is 35.2 Å². The molecule has 2 heterocycles. The van der Waals surface area contributed by atoms with E-state index in [0.29, 0.717) is 6.54 Å². The van der Waals surface area contributed by atoms with Gasteiger partial charge in [-0.2, -0.15) is 11.3 Å². The molecule has 0 aliphatic carbocycles. The number of hydrogen-bond acceptors (Lipinski definition) is 3. The van der Waals surface area contributed by atoms with E-state index in [9.17, 15) is 9.18 Å². The monoisotopic (exact) mass is 312 g/mol. The third-order valence-corrected chi connectivity index (χ3v) is 3.93. The predicted octanol–water partition coefficient (Wildman–Crippen LogP) is 3.88. The van der Waals surface area contributed by atoms with Crippen LogP contribution in [0.15, 0.2) is 59.4 Å². The number of amides is 1. The summed E-state index contributed by atoms with van der Waals surface area (Å²) in [7, 11) is 0. The molecule has 1 amide bonds. The van der Waals surface area contributed by atoms with Gasteiger partial charge in [0.1, 0.15) is 5.82 Å². The summed E-state index contributed by atoms with van der Waals surface area (Å²) >= 11 is 1.59. The first-order chi connectivity index (χ1) is 10.8. The van der Waals surface area contributed by atoms with Crippen LogP contribution in [0, 0.1) is 5.82 Å². The van der Waals surface area contributed by atoms with E-state index in [1.807, 2.05) is 29.0 Å². The number of nitrogens with zero attached hydrogens (tertiary/aromatic N) is 1. The third-order valence-electron chi connectivity index (χ3n) is 3.24. The minimum Gasteiger partial charge on any atom is -0.348 e. The number of halogens is 1. The molecule has 0 saturated carbocycles. The van der Waals surface area contributed by atoms with Crippen LogP contribution in [-0.2, 0) is 6.54 Å². The molecule has 3 rings (SSSR count). The fourth-order valence-corrected chi connectivity index (χ4v) is 2.80. The van der Waals surface area contributed by atoms with E-state index < -0.39 is 11.7 Å². The fraction of sp³-hybridized carbons (Fsp3) is 0.0588.